The highest BCUT2D eigenvalue weighted by Gasteiger charge is 2.08. The third-order valence-electron chi connectivity index (χ3n) is 3.07. The van der Waals surface area contributed by atoms with Gasteiger partial charge in [-0.3, -0.25) is 9.78 Å². The summed E-state index contributed by atoms with van der Waals surface area (Å²) in [5.74, 6) is 0.324. The van der Waals surface area contributed by atoms with E-state index in [4.69, 9.17) is 4.74 Å². The molecule has 0 aliphatic carbocycles. The van der Waals surface area contributed by atoms with Gasteiger partial charge < -0.3 is 14.7 Å². The zero-order valence-corrected chi connectivity index (χ0v) is 11.7. The predicted molar refractivity (Wildman–Crippen MR) is 80.0 cm³/mol. The quantitative estimate of drug-likeness (QED) is 0.742. The standard InChI is InChI=1S/C15H12N4O3/c1-19(9-20)10-2-4-11(5-3-10)22-15-17-13-8-16-7-6-12(13)14(21)18-15/h2-9H,1H3,(H,17,18,21). The molecule has 0 spiro atoms. The maximum atomic E-state index is 10.7. The summed E-state index contributed by atoms with van der Waals surface area (Å²) >= 11 is 0. The van der Waals surface area contributed by atoms with Gasteiger partial charge in [0.25, 0.3) is 0 Å². The van der Waals surface area contributed by atoms with E-state index in [0.29, 0.717) is 23.1 Å². The maximum absolute atomic E-state index is 10.7. The average molecular weight is 296 g/mol. The molecule has 3 rings (SSSR count). The Kier molecular flexibility index (Phi) is 3.53. The number of anilines is 1. The second-order valence-electron chi connectivity index (χ2n) is 4.53. The minimum atomic E-state index is -0.167. The second kappa shape index (κ2) is 5.65. The molecule has 3 aromatic rings. The zero-order chi connectivity index (χ0) is 15.5. The fraction of sp³-hybridized carbons (Fsp3) is 0.0667. The van der Waals surface area contributed by atoms with E-state index >= 15 is 0 Å². The molecule has 22 heavy (non-hydrogen) atoms. The highest BCUT2D eigenvalue weighted by atomic mass is 16.5. The molecule has 0 radical (unpaired) electrons. The van der Waals surface area contributed by atoms with Gasteiger partial charge in [-0.15, -0.1) is 0 Å². The number of carbonyl (C=O) groups excluding carboxylic acids is 1. The van der Waals surface area contributed by atoms with E-state index in [1.807, 2.05) is 0 Å². The predicted octanol–water partition coefficient (Wildman–Crippen LogP) is 2.12. The van der Waals surface area contributed by atoms with Crippen LogP contribution in [0.25, 0.3) is 10.9 Å². The lowest BCUT2D eigenvalue weighted by atomic mass is 10.3. The number of benzene rings is 1. The van der Waals surface area contributed by atoms with Gasteiger partial charge in [-0.2, -0.15) is 9.97 Å². The van der Waals surface area contributed by atoms with E-state index in [2.05, 4.69) is 15.0 Å². The summed E-state index contributed by atoms with van der Waals surface area (Å²) in [6.07, 6.45) is 3.79. The topological polar surface area (TPSA) is 88.4 Å². The van der Waals surface area contributed by atoms with E-state index in [-0.39, 0.29) is 11.9 Å². The van der Waals surface area contributed by atoms with Crippen LogP contribution in [0.1, 0.15) is 0 Å². The number of ether oxygens (including phenoxy) is 1. The third kappa shape index (κ3) is 2.64. The largest absolute Gasteiger partial charge is 0.493 e. The Morgan fingerprint density at radius 3 is 2.68 bits per heavy atom. The molecule has 1 N–H and O–H groups in total. The molecule has 0 aliphatic heterocycles. The third-order valence-corrected chi connectivity index (χ3v) is 3.07. The van der Waals surface area contributed by atoms with Crippen molar-refractivity contribution >= 4 is 23.0 Å². The molecule has 1 amide bonds. The SMILES string of the molecule is CN(C=O)c1ccc(Oc2nc(O)c3ccncc3n2)cc1. The number of hydrogen-bond donors (Lipinski definition) is 1. The van der Waals surface area contributed by atoms with E-state index in [1.54, 1.807) is 43.6 Å². The highest BCUT2D eigenvalue weighted by molar-refractivity contribution is 5.82. The Hall–Kier alpha value is -3.22. The number of fused-ring (bicyclic) bond motifs is 1. The van der Waals surface area contributed by atoms with Crippen LogP contribution in [-0.4, -0.2) is 33.5 Å². The van der Waals surface area contributed by atoms with E-state index in [0.717, 1.165) is 5.69 Å². The molecular formula is C15H12N4O3. The van der Waals surface area contributed by atoms with Gasteiger partial charge in [0.1, 0.15) is 5.75 Å². The number of aromatic hydroxyl groups is 1. The number of hydrogen-bond acceptors (Lipinski definition) is 6. The first-order valence-corrected chi connectivity index (χ1v) is 6.44. The van der Waals surface area contributed by atoms with Crippen LogP contribution in [0.2, 0.25) is 0 Å². The Morgan fingerprint density at radius 2 is 1.95 bits per heavy atom. The molecule has 1 aromatic carbocycles. The Labute approximate surface area is 125 Å². The van der Waals surface area contributed by atoms with Crippen LogP contribution in [0, 0.1) is 0 Å². The van der Waals surface area contributed by atoms with Crippen molar-refractivity contribution in [1.82, 2.24) is 15.0 Å². The van der Waals surface area contributed by atoms with Crippen LogP contribution in [0.15, 0.2) is 42.7 Å². The Morgan fingerprint density at radius 1 is 1.18 bits per heavy atom. The number of carbonyl (C=O) groups is 1. The van der Waals surface area contributed by atoms with Crippen molar-refractivity contribution in [2.24, 2.45) is 0 Å². The monoisotopic (exact) mass is 296 g/mol. The maximum Gasteiger partial charge on any atom is 0.325 e. The van der Waals surface area contributed by atoms with Gasteiger partial charge in [-0.1, -0.05) is 0 Å². The van der Waals surface area contributed by atoms with Crippen LogP contribution in [-0.2, 0) is 4.79 Å². The van der Waals surface area contributed by atoms with Gasteiger partial charge in [0.05, 0.1) is 17.1 Å². The van der Waals surface area contributed by atoms with E-state index < -0.39 is 0 Å². The van der Waals surface area contributed by atoms with Crippen molar-refractivity contribution < 1.29 is 14.6 Å². The molecule has 7 heteroatoms. The first kappa shape index (κ1) is 13.7. The van der Waals surface area contributed by atoms with Crippen LogP contribution in [0.5, 0.6) is 17.6 Å². The van der Waals surface area contributed by atoms with Gasteiger partial charge in [-0.25, -0.2) is 0 Å². The van der Waals surface area contributed by atoms with Crippen LogP contribution < -0.4 is 9.64 Å². The lowest BCUT2D eigenvalue weighted by Crippen LogP contribution is -2.13. The molecule has 2 aromatic heterocycles. The summed E-state index contributed by atoms with van der Waals surface area (Å²) in [4.78, 5) is 24.2. The number of aromatic nitrogens is 3. The normalized spacial score (nSPS) is 10.4. The van der Waals surface area contributed by atoms with Crippen molar-refractivity contribution in [2.75, 3.05) is 11.9 Å². The molecule has 0 bridgehead atoms. The van der Waals surface area contributed by atoms with Crippen molar-refractivity contribution in [2.45, 2.75) is 0 Å². The molecule has 0 saturated heterocycles. The van der Waals surface area contributed by atoms with Crippen LogP contribution in [0.3, 0.4) is 0 Å². The zero-order valence-electron chi connectivity index (χ0n) is 11.7. The molecule has 0 unspecified atom stereocenters. The average Bonchev–Trinajstić information content (AvgIpc) is 2.55. The highest BCUT2D eigenvalue weighted by Crippen LogP contribution is 2.26. The Balaban J connectivity index is 1.88. The summed E-state index contributed by atoms with van der Waals surface area (Å²) in [6.45, 7) is 0. The minimum absolute atomic E-state index is 0.0227. The summed E-state index contributed by atoms with van der Waals surface area (Å²) < 4.78 is 5.52. The van der Waals surface area contributed by atoms with Crippen molar-refractivity contribution in [3.63, 3.8) is 0 Å². The molecule has 0 saturated carbocycles. The fourth-order valence-corrected chi connectivity index (χ4v) is 1.90. The van der Waals surface area contributed by atoms with Gasteiger partial charge in [-0.05, 0) is 30.3 Å². The lowest BCUT2D eigenvalue weighted by molar-refractivity contribution is -0.107. The summed E-state index contributed by atoms with van der Waals surface area (Å²) in [5, 5.41) is 10.4. The summed E-state index contributed by atoms with van der Waals surface area (Å²) in [5.41, 5.74) is 1.22. The molecule has 2 heterocycles. The summed E-state index contributed by atoms with van der Waals surface area (Å²) in [7, 11) is 1.65. The fourth-order valence-electron chi connectivity index (χ4n) is 1.90. The molecule has 0 fully saturated rings. The van der Waals surface area contributed by atoms with Gasteiger partial charge in [0, 0.05) is 18.9 Å². The van der Waals surface area contributed by atoms with Gasteiger partial charge in [0.15, 0.2) is 0 Å². The van der Waals surface area contributed by atoms with Crippen LogP contribution in [0.4, 0.5) is 5.69 Å². The second-order valence-corrected chi connectivity index (χ2v) is 4.53. The first-order valence-electron chi connectivity index (χ1n) is 6.44. The molecule has 0 aliphatic rings. The van der Waals surface area contributed by atoms with Crippen molar-refractivity contribution in [1.29, 1.82) is 0 Å². The molecule has 0 atom stereocenters. The first-order chi connectivity index (χ1) is 10.7. The number of rotatable bonds is 4. The van der Waals surface area contributed by atoms with Crippen LogP contribution >= 0.6 is 0 Å². The van der Waals surface area contributed by atoms with Crippen molar-refractivity contribution in [3.05, 3.63) is 42.7 Å². The Bertz CT molecular complexity index is 821. The van der Waals surface area contributed by atoms with Gasteiger partial charge in [0.2, 0.25) is 12.3 Å². The molecular weight excluding hydrogens is 284 g/mol. The van der Waals surface area contributed by atoms with E-state index in [1.165, 1.54) is 11.1 Å². The molecule has 7 nitrogen and oxygen atoms in total. The number of amides is 1. The summed E-state index contributed by atoms with van der Waals surface area (Å²) in [6, 6.07) is 8.47. The van der Waals surface area contributed by atoms with E-state index in [9.17, 15) is 9.90 Å². The smallest absolute Gasteiger partial charge is 0.325 e. The lowest BCUT2D eigenvalue weighted by Gasteiger charge is -2.11. The number of nitrogens with zero attached hydrogens (tertiary/aromatic N) is 4. The minimum Gasteiger partial charge on any atom is -0.493 e. The number of pyridine rings is 1. The van der Waals surface area contributed by atoms with Crippen molar-refractivity contribution in [3.8, 4) is 17.6 Å². The van der Waals surface area contributed by atoms with Gasteiger partial charge >= 0.3 is 6.01 Å². The molecule has 110 valence electrons.